The maximum Gasteiger partial charge on any atom is -0.0205 e. The van der Waals surface area contributed by atoms with Gasteiger partial charge in [-0.15, -0.1) is 6.58 Å². The predicted octanol–water partition coefficient (Wildman–Crippen LogP) is 5.36. The summed E-state index contributed by atoms with van der Waals surface area (Å²) >= 11 is 0. The van der Waals surface area contributed by atoms with Gasteiger partial charge in [0.1, 0.15) is 0 Å². The maximum absolute atomic E-state index is 3.82. The van der Waals surface area contributed by atoms with Gasteiger partial charge < -0.3 is 0 Å². The second-order valence-corrected chi connectivity index (χ2v) is 6.27. The van der Waals surface area contributed by atoms with Gasteiger partial charge in [-0.05, 0) is 62.2 Å². The van der Waals surface area contributed by atoms with Crippen LogP contribution in [0.1, 0.15) is 58.3 Å². The van der Waals surface area contributed by atoms with Crippen molar-refractivity contribution in [2.24, 2.45) is 23.7 Å². The van der Waals surface area contributed by atoms with E-state index in [2.05, 4.69) is 31.7 Å². The molecule has 0 nitrogen and oxygen atoms in total. The van der Waals surface area contributed by atoms with Crippen LogP contribution in [0.3, 0.4) is 0 Å². The Hall–Kier alpha value is -0.520. The van der Waals surface area contributed by atoms with Gasteiger partial charge in [0.25, 0.3) is 0 Å². The molecule has 2 rings (SSSR count). The number of rotatable bonds is 4. The highest BCUT2D eigenvalue weighted by molar-refractivity contribution is 5.01. The Morgan fingerprint density at radius 2 is 1.82 bits per heavy atom. The maximum atomic E-state index is 3.82. The van der Waals surface area contributed by atoms with Crippen LogP contribution in [0.15, 0.2) is 24.8 Å². The Kier molecular flexibility index (Phi) is 4.88. The largest absolute Gasteiger partial charge is 0.103 e. The van der Waals surface area contributed by atoms with Crippen molar-refractivity contribution in [2.45, 2.75) is 58.3 Å². The van der Waals surface area contributed by atoms with E-state index in [4.69, 9.17) is 0 Å². The Bertz CT molecular complexity index is 255. The Labute approximate surface area is 107 Å². The van der Waals surface area contributed by atoms with Gasteiger partial charge in [0.15, 0.2) is 0 Å². The summed E-state index contributed by atoms with van der Waals surface area (Å²) in [5.41, 5.74) is 0. The fraction of sp³-hybridized carbons (Fsp3) is 0.765. The third kappa shape index (κ3) is 3.72. The first kappa shape index (κ1) is 12.9. The van der Waals surface area contributed by atoms with E-state index in [9.17, 15) is 0 Å². The highest BCUT2D eigenvalue weighted by Gasteiger charge is 2.26. The number of hydrogen-bond acceptors (Lipinski definition) is 0. The molecule has 0 aliphatic heterocycles. The zero-order valence-corrected chi connectivity index (χ0v) is 11.4. The van der Waals surface area contributed by atoms with Crippen molar-refractivity contribution in [1.29, 1.82) is 0 Å². The van der Waals surface area contributed by atoms with Crippen LogP contribution in [0.25, 0.3) is 0 Å². The molecule has 0 amide bonds. The molecule has 0 aromatic heterocycles. The molecule has 17 heavy (non-hydrogen) atoms. The quantitative estimate of drug-likeness (QED) is 0.572. The van der Waals surface area contributed by atoms with E-state index in [0.717, 1.165) is 23.7 Å². The second kappa shape index (κ2) is 6.42. The van der Waals surface area contributed by atoms with E-state index < -0.39 is 0 Å². The lowest BCUT2D eigenvalue weighted by molar-refractivity contribution is 0.220. The minimum absolute atomic E-state index is 0.840. The van der Waals surface area contributed by atoms with E-state index in [1.54, 1.807) is 0 Å². The molecule has 1 saturated carbocycles. The molecule has 1 fully saturated rings. The number of hydrogen-bond donors (Lipinski definition) is 0. The molecule has 0 aromatic carbocycles. The third-order valence-electron chi connectivity index (χ3n) is 4.91. The van der Waals surface area contributed by atoms with Crippen molar-refractivity contribution in [3.05, 3.63) is 24.8 Å². The molecule has 0 spiro atoms. The molecule has 0 saturated heterocycles. The van der Waals surface area contributed by atoms with Gasteiger partial charge >= 0.3 is 0 Å². The summed E-state index contributed by atoms with van der Waals surface area (Å²) in [4.78, 5) is 0. The van der Waals surface area contributed by atoms with Crippen LogP contribution in [0.2, 0.25) is 0 Å². The van der Waals surface area contributed by atoms with Gasteiger partial charge in [0.2, 0.25) is 0 Å². The van der Waals surface area contributed by atoms with Crippen LogP contribution in [0.4, 0.5) is 0 Å². The topological polar surface area (TPSA) is 0 Å². The third-order valence-corrected chi connectivity index (χ3v) is 4.91. The summed E-state index contributed by atoms with van der Waals surface area (Å²) < 4.78 is 0. The SMILES string of the molecule is C=CCCC1C=CC(C2CCC(C)CC2)CC1. The predicted molar refractivity (Wildman–Crippen MR) is 75.9 cm³/mol. The summed E-state index contributed by atoms with van der Waals surface area (Å²) in [6, 6.07) is 0. The molecule has 0 aromatic rings. The smallest absolute Gasteiger partial charge is 0.0205 e. The molecular weight excluding hydrogens is 204 g/mol. The molecule has 2 unspecified atom stereocenters. The van der Waals surface area contributed by atoms with Gasteiger partial charge in [0, 0.05) is 0 Å². The van der Waals surface area contributed by atoms with Gasteiger partial charge in [0.05, 0.1) is 0 Å². The van der Waals surface area contributed by atoms with E-state index >= 15 is 0 Å². The molecule has 0 bridgehead atoms. The summed E-state index contributed by atoms with van der Waals surface area (Å²) in [5, 5.41) is 0. The number of allylic oxidation sites excluding steroid dienone is 3. The van der Waals surface area contributed by atoms with Gasteiger partial charge in [-0.1, -0.05) is 38.0 Å². The van der Waals surface area contributed by atoms with Crippen molar-refractivity contribution in [3.63, 3.8) is 0 Å². The monoisotopic (exact) mass is 232 g/mol. The zero-order chi connectivity index (χ0) is 12.1. The van der Waals surface area contributed by atoms with Crippen molar-refractivity contribution in [3.8, 4) is 0 Å². The molecule has 0 radical (unpaired) electrons. The lowest BCUT2D eigenvalue weighted by Gasteiger charge is -2.34. The minimum Gasteiger partial charge on any atom is -0.103 e. The first-order chi connectivity index (χ1) is 8.29. The molecule has 2 aliphatic carbocycles. The minimum atomic E-state index is 0.840. The lowest BCUT2D eigenvalue weighted by Crippen LogP contribution is -2.22. The first-order valence-corrected chi connectivity index (χ1v) is 7.58. The van der Waals surface area contributed by atoms with Crippen LogP contribution in [0, 0.1) is 23.7 Å². The fourth-order valence-corrected chi connectivity index (χ4v) is 3.58. The average molecular weight is 232 g/mol. The van der Waals surface area contributed by atoms with E-state index in [0.29, 0.717) is 0 Å². The molecule has 0 heterocycles. The Morgan fingerprint density at radius 3 is 2.41 bits per heavy atom. The van der Waals surface area contributed by atoms with Crippen LogP contribution < -0.4 is 0 Å². The molecule has 0 N–H and O–H groups in total. The van der Waals surface area contributed by atoms with Gasteiger partial charge in [-0.2, -0.15) is 0 Å². The fourth-order valence-electron chi connectivity index (χ4n) is 3.58. The Balaban J connectivity index is 1.78. The highest BCUT2D eigenvalue weighted by Crippen LogP contribution is 2.38. The molecular formula is C17H28. The standard InChI is InChI=1S/C17H28/c1-3-4-5-15-8-12-17(13-9-15)16-10-6-14(2)7-11-16/h3,8,12,14-17H,1,4-7,9-11,13H2,2H3. The van der Waals surface area contributed by atoms with E-state index in [1.165, 1.54) is 51.4 Å². The molecule has 0 heteroatoms. The van der Waals surface area contributed by atoms with Gasteiger partial charge in [-0.3, -0.25) is 0 Å². The summed E-state index contributed by atoms with van der Waals surface area (Å²) in [5.74, 6) is 3.73. The van der Waals surface area contributed by atoms with Crippen LogP contribution in [0.5, 0.6) is 0 Å². The van der Waals surface area contributed by atoms with Crippen LogP contribution in [-0.2, 0) is 0 Å². The lowest BCUT2D eigenvalue weighted by atomic mass is 9.72. The summed E-state index contributed by atoms with van der Waals surface area (Å²) in [6.45, 7) is 6.23. The van der Waals surface area contributed by atoms with Gasteiger partial charge in [-0.25, -0.2) is 0 Å². The molecule has 2 atom stereocenters. The van der Waals surface area contributed by atoms with E-state index in [1.807, 2.05) is 0 Å². The summed E-state index contributed by atoms with van der Waals surface area (Å²) in [7, 11) is 0. The average Bonchev–Trinajstić information content (AvgIpc) is 2.38. The van der Waals surface area contributed by atoms with Crippen molar-refractivity contribution in [1.82, 2.24) is 0 Å². The summed E-state index contributed by atoms with van der Waals surface area (Å²) in [6.07, 6.45) is 18.4. The van der Waals surface area contributed by atoms with E-state index in [-0.39, 0.29) is 0 Å². The zero-order valence-electron chi connectivity index (χ0n) is 11.4. The first-order valence-electron chi connectivity index (χ1n) is 7.58. The van der Waals surface area contributed by atoms with Crippen LogP contribution in [-0.4, -0.2) is 0 Å². The normalized spacial score (nSPS) is 37.9. The van der Waals surface area contributed by atoms with Crippen molar-refractivity contribution >= 4 is 0 Å². The Morgan fingerprint density at radius 1 is 1.06 bits per heavy atom. The molecule has 2 aliphatic rings. The van der Waals surface area contributed by atoms with Crippen molar-refractivity contribution in [2.75, 3.05) is 0 Å². The highest BCUT2D eigenvalue weighted by atomic mass is 14.3. The van der Waals surface area contributed by atoms with Crippen molar-refractivity contribution < 1.29 is 0 Å². The van der Waals surface area contributed by atoms with Crippen LogP contribution >= 0.6 is 0 Å². The second-order valence-electron chi connectivity index (χ2n) is 6.27. The molecule has 96 valence electrons.